The summed E-state index contributed by atoms with van der Waals surface area (Å²) in [5.41, 5.74) is 2.55. The van der Waals surface area contributed by atoms with E-state index in [1.54, 1.807) is 43.3 Å². The highest BCUT2D eigenvalue weighted by molar-refractivity contribution is 7.92. The molecule has 0 aliphatic rings. The van der Waals surface area contributed by atoms with Crippen LogP contribution < -0.4 is 10.0 Å². The Morgan fingerprint density at radius 1 is 0.966 bits per heavy atom. The van der Waals surface area contributed by atoms with Crippen LogP contribution in [-0.4, -0.2) is 20.9 Å². The highest BCUT2D eigenvalue weighted by Crippen LogP contribution is 2.21. The van der Waals surface area contributed by atoms with Gasteiger partial charge < -0.3 is 5.32 Å². The van der Waals surface area contributed by atoms with Gasteiger partial charge in [0.25, 0.3) is 15.9 Å². The van der Waals surface area contributed by atoms with E-state index in [-0.39, 0.29) is 10.8 Å². The molecule has 7 heteroatoms. The standard InChI is InChI=1S/C22H21ClN2O3S/c1-16-7-10-18(22(26)24-14-13-17-8-11-19(23)12-9-17)15-21(16)25-29(27,28)20-5-3-2-4-6-20/h2-12,15,25H,13-14H2,1H3,(H,24,26). The minimum Gasteiger partial charge on any atom is -0.352 e. The van der Waals surface area contributed by atoms with Crippen LogP contribution in [0.3, 0.4) is 0 Å². The molecule has 150 valence electrons. The Morgan fingerprint density at radius 3 is 2.34 bits per heavy atom. The molecule has 0 saturated heterocycles. The second-order valence-corrected chi connectivity index (χ2v) is 8.70. The molecule has 0 bridgehead atoms. The Morgan fingerprint density at radius 2 is 1.66 bits per heavy atom. The first-order valence-corrected chi connectivity index (χ1v) is 10.9. The lowest BCUT2D eigenvalue weighted by molar-refractivity contribution is 0.0954. The molecular weight excluding hydrogens is 408 g/mol. The molecule has 3 aromatic carbocycles. The first-order chi connectivity index (χ1) is 13.8. The zero-order chi connectivity index (χ0) is 20.9. The Balaban J connectivity index is 1.68. The lowest BCUT2D eigenvalue weighted by Gasteiger charge is -2.12. The van der Waals surface area contributed by atoms with Crippen LogP contribution in [-0.2, 0) is 16.4 Å². The van der Waals surface area contributed by atoms with Gasteiger partial charge in [-0.05, 0) is 60.9 Å². The van der Waals surface area contributed by atoms with Gasteiger partial charge in [0.05, 0.1) is 10.6 Å². The average molecular weight is 429 g/mol. The average Bonchev–Trinajstić information content (AvgIpc) is 2.71. The maximum atomic E-state index is 12.6. The summed E-state index contributed by atoms with van der Waals surface area (Å²) in [5, 5.41) is 3.52. The molecule has 0 saturated carbocycles. The molecule has 0 aliphatic carbocycles. The molecule has 0 heterocycles. The Labute approximate surface area is 175 Å². The van der Waals surface area contributed by atoms with Crippen molar-refractivity contribution < 1.29 is 13.2 Å². The Hall–Kier alpha value is -2.83. The minimum absolute atomic E-state index is 0.164. The predicted octanol–water partition coefficient (Wildman–Crippen LogP) is 4.42. The second kappa shape index (κ2) is 9.11. The largest absolute Gasteiger partial charge is 0.352 e. The topological polar surface area (TPSA) is 75.3 Å². The third-order valence-corrected chi connectivity index (χ3v) is 6.04. The zero-order valence-corrected chi connectivity index (χ0v) is 17.4. The number of carbonyl (C=O) groups is 1. The molecule has 3 aromatic rings. The predicted molar refractivity (Wildman–Crippen MR) is 116 cm³/mol. The third-order valence-electron chi connectivity index (χ3n) is 4.41. The van der Waals surface area contributed by atoms with Gasteiger partial charge in [0, 0.05) is 17.1 Å². The SMILES string of the molecule is Cc1ccc(C(=O)NCCc2ccc(Cl)cc2)cc1NS(=O)(=O)c1ccccc1. The fourth-order valence-corrected chi connectivity index (χ4v) is 4.02. The van der Waals surface area contributed by atoms with Gasteiger partial charge in [0.15, 0.2) is 0 Å². The van der Waals surface area contributed by atoms with Crippen molar-refractivity contribution in [3.8, 4) is 0 Å². The molecule has 0 spiro atoms. The van der Waals surface area contributed by atoms with Crippen molar-refractivity contribution >= 4 is 33.2 Å². The number of anilines is 1. The molecule has 5 nitrogen and oxygen atoms in total. The minimum atomic E-state index is -3.73. The molecular formula is C22H21ClN2O3S. The number of benzene rings is 3. The molecule has 0 aromatic heterocycles. The van der Waals surface area contributed by atoms with Gasteiger partial charge in [0.2, 0.25) is 0 Å². The van der Waals surface area contributed by atoms with Gasteiger partial charge in [-0.3, -0.25) is 9.52 Å². The van der Waals surface area contributed by atoms with Crippen molar-refractivity contribution in [2.45, 2.75) is 18.2 Å². The number of hydrogen-bond acceptors (Lipinski definition) is 3. The summed E-state index contributed by atoms with van der Waals surface area (Å²) in [7, 11) is -3.73. The van der Waals surface area contributed by atoms with Crippen LogP contribution in [0.2, 0.25) is 5.02 Å². The number of aryl methyl sites for hydroxylation is 1. The number of sulfonamides is 1. The van der Waals surface area contributed by atoms with Gasteiger partial charge in [0.1, 0.15) is 0 Å². The van der Waals surface area contributed by atoms with Crippen molar-refractivity contribution in [3.63, 3.8) is 0 Å². The summed E-state index contributed by atoms with van der Waals surface area (Å²) in [6, 6.07) is 20.5. The molecule has 0 atom stereocenters. The van der Waals surface area contributed by atoms with Gasteiger partial charge in [-0.25, -0.2) is 8.42 Å². The summed E-state index contributed by atoms with van der Waals surface area (Å²) >= 11 is 5.87. The first-order valence-electron chi connectivity index (χ1n) is 9.06. The summed E-state index contributed by atoms with van der Waals surface area (Å²) < 4.78 is 27.7. The summed E-state index contributed by atoms with van der Waals surface area (Å²) in [6.45, 7) is 2.24. The number of nitrogens with one attached hydrogen (secondary N) is 2. The van der Waals surface area contributed by atoms with Gasteiger partial charge in [-0.2, -0.15) is 0 Å². The number of rotatable bonds is 7. The van der Waals surface area contributed by atoms with Crippen LogP contribution in [0, 0.1) is 6.92 Å². The Bertz CT molecular complexity index is 1100. The van der Waals surface area contributed by atoms with Crippen molar-refractivity contribution in [1.29, 1.82) is 0 Å². The van der Waals surface area contributed by atoms with E-state index in [4.69, 9.17) is 11.6 Å². The zero-order valence-electron chi connectivity index (χ0n) is 15.9. The van der Waals surface area contributed by atoms with E-state index in [9.17, 15) is 13.2 Å². The normalized spacial score (nSPS) is 11.1. The van der Waals surface area contributed by atoms with Crippen LogP contribution in [0.15, 0.2) is 77.7 Å². The molecule has 3 rings (SSSR count). The van der Waals surface area contributed by atoms with E-state index in [1.165, 1.54) is 12.1 Å². The van der Waals surface area contributed by atoms with Crippen molar-refractivity contribution in [2.24, 2.45) is 0 Å². The van der Waals surface area contributed by atoms with Crippen LogP contribution in [0.25, 0.3) is 0 Å². The van der Waals surface area contributed by atoms with E-state index in [0.717, 1.165) is 11.1 Å². The second-order valence-electron chi connectivity index (χ2n) is 6.58. The highest BCUT2D eigenvalue weighted by Gasteiger charge is 2.16. The van der Waals surface area contributed by atoms with Crippen LogP contribution >= 0.6 is 11.6 Å². The van der Waals surface area contributed by atoms with Crippen molar-refractivity contribution in [2.75, 3.05) is 11.3 Å². The molecule has 0 radical (unpaired) electrons. The maximum Gasteiger partial charge on any atom is 0.261 e. The van der Waals surface area contributed by atoms with Crippen LogP contribution in [0.4, 0.5) is 5.69 Å². The lowest BCUT2D eigenvalue weighted by atomic mass is 10.1. The molecule has 2 N–H and O–H groups in total. The number of amides is 1. The van der Waals surface area contributed by atoms with E-state index >= 15 is 0 Å². The van der Waals surface area contributed by atoms with Crippen LogP contribution in [0.1, 0.15) is 21.5 Å². The lowest BCUT2D eigenvalue weighted by Crippen LogP contribution is -2.26. The van der Waals surface area contributed by atoms with E-state index in [1.807, 2.05) is 24.3 Å². The molecule has 0 fully saturated rings. The first kappa shape index (κ1) is 20.9. The number of carbonyl (C=O) groups excluding carboxylic acids is 1. The monoisotopic (exact) mass is 428 g/mol. The van der Waals surface area contributed by atoms with Crippen molar-refractivity contribution in [3.05, 3.63) is 94.5 Å². The number of hydrogen-bond donors (Lipinski definition) is 2. The number of halogens is 1. The maximum absolute atomic E-state index is 12.6. The Kier molecular flexibility index (Phi) is 6.56. The molecule has 1 amide bonds. The highest BCUT2D eigenvalue weighted by atomic mass is 35.5. The fourth-order valence-electron chi connectivity index (χ4n) is 2.75. The smallest absolute Gasteiger partial charge is 0.261 e. The fraction of sp³-hybridized carbons (Fsp3) is 0.136. The van der Waals surface area contributed by atoms with Crippen molar-refractivity contribution in [1.82, 2.24) is 5.32 Å². The summed E-state index contributed by atoms with van der Waals surface area (Å²) in [6.07, 6.45) is 0.669. The summed E-state index contributed by atoms with van der Waals surface area (Å²) in [5.74, 6) is -0.265. The molecule has 0 aliphatic heterocycles. The van der Waals surface area contributed by atoms with Gasteiger partial charge >= 0.3 is 0 Å². The van der Waals surface area contributed by atoms with Gasteiger partial charge in [-0.1, -0.05) is 48.0 Å². The molecule has 29 heavy (non-hydrogen) atoms. The van der Waals surface area contributed by atoms with E-state index in [0.29, 0.717) is 29.2 Å². The quantitative estimate of drug-likeness (QED) is 0.584. The van der Waals surface area contributed by atoms with E-state index < -0.39 is 10.0 Å². The molecule has 0 unspecified atom stereocenters. The third kappa shape index (κ3) is 5.59. The van der Waals surface area contributed by atoms with Crippen LogP contribution in [0.5, 0.6) is 0 Å². The van der Waals surface area contributed by atoms with Gasteiger partial charge in [-0.15, -0.1) is 0 Å². The summed E-state index contributed by atoms with van der Waals surface area (Å²) in [4.78, 5) is 12.6. The van der Waals surface area contributed by atoms with E-state index in [2.05, 4.69) is 10.0 Å².